The summed E-state index contributed by atoms with van der Waals surface area (Å²) in [5.74, 6) is -0.698. The molecule has 4 nitrogen and oxygen atoms in total. The van der Waals surface area contributed by atoms with Crippen LogP contribution in [0.2, 0.25) is 0 Å². The first-order valence-electron chi connectivity index (χ1n) is 4.23. The molecule has 0 spiro atoms. The average Bonchev–Trinajstić information content (AvgIpc) is 2.15. The zero-order chi connectivity index (χ0) is 10.6. The monoisotopic (exact) mass is 196 g/mol. The summed E-state index contributed by atoms with van der Waals surface area (Å²) in [5, 5.41) is 17.4. The van der Waals surface area contributed by atoms with Crippen LogP contribution < -0.4 is 4.74 Å². The third-order valence-corrected chi connectivity index (χ3v) is 1.78. The number of ether oxygens (including phenoxy) is 1. The third kappa shape index (κ3) is 2.23. The Morgan fingerprint density at radius 3 is 2.79 bits per heavy atom. The van der Waals surface area contributed by atoms with Crippen LogP contribution in [-0.4, -0.2) is 29.4 Å². The quantitative estimate of drug-likeness (QED) is 0.755. The molecule has 4 heteroatoms. The molecule has 1 aromatic rings. The van der Waals surface area contributed by atoms with Crippen molar-refractivity contribution in [1.29, 1.82) is 0 Å². The maximum atomic E-state index is 10.8. The normalized spacial score (nSPS) is 9.86. The van der Waals surface area contributed by atoms with Gasteiger partial charge in [0.25, 0.3) is 0 Å². The van der Waals surface area contributed by atoms with Crippen molar-refractivity contribution in [2.24, 2.45) is 0 Å². The summed E-state index contributed by atoms with van der Waals surface area (Å²) >= 11 is 0. The number of hydrogen-bond donors (Lipinski definition) is 2. The smallest absolute Gasteiger partial charge is 0.339 e. The van der Waals surface area contributed by atoms with E-state index in [1.807, 2.05) is 0 Å². The van der Waals surface area contributed by atoms with Crippen LogP contribution in [0.25, 0.3) is 0 Å². The lowest BCUT2D eigenvalue weighted by Gasteiger charge is -2.10. The Hall–Kier alpha value is -1.55. The largest absolute Gasteiger partial charge is 0.490 e. The summed E-state index contributed by atoms with van der Waals surface area (Å²) in [6, 6.07) is 4.89. The Labute approximate surface area is 81.8 Å². The minimum Gasteiger partial charge on any atom is -0.490 e. The number of aliphatic hydroxyl groups is 1. The Bertz CT molecular complexity index is 333. The Morgan fingerprint density at radius 1 is 1.50 bits per heavy atom. The second kappa shape index (κ2) is 4.62. The van der Waals surface area contributed by atoms with Crippen molar-refractivity contribution in [3.63, 3.8) is 0 Å². The second-order valence-corrected chi connectivity index (χ2v) is 2.83. The number of hydrogen-bond acceptors (Lipinski definition) is 3. The molecule has 2 N–H and O–H groups in total. The SMILES string of the molecule is Cc1cccc(C(=O)O)c1OCCO. The van der Waals surface area contributed by atoms with Crippen LogP contribution in [-0.2, 0) is 0 Å². The number of aliphatic hydroxyl groups excluding tert-OH is 1. The zero-order valence-electron chi connectivity index (χ0n) is 7.86. The van der Waals surface area contributed by atoms with Crippen LogP contribution in [0.1, 0.15) is 15.9 Å². The van der Waals surface area contributed by atoms with E-state index in [1.165, 1.54) is 6.07 Å². The molecule has 1 aromatic carbocycles. The lowest BCUT2D eigenvalue weighted by Crippen LogP contribution is -2.08. The van der Waals surface area contributed by atoms with Crippen LogP contribution >= 0.6 is 0 Å². The molecule has 14 heavy (non-hydrogen) atoms. The summed E-state index contributed by atoms with van der Waals surface area (Å²) in [6.45, 7) is 1.73. The van der Waals surface area contributed by atoms with Gasteiger partial charge in [0.15, 0.2) is 0 Å². The van der Waals surface area contributed by atoms with Crippen molar-refractivity contribution < 1.29 is 19.7 Å². The highest BCUT2D eigenvalue weighted by Gasteiger charge is 2.12. The van der Waals surface area contributed by atoms with Crippen LogP contribution in [0.4, 0.5) is 0 Å². The van der Waals surface area contributed by atoms with E-state index in [0.29, 0.717) is 5.75 Å². The zero-order valence-corrected chi connectivity index (χ0v) is 7.86. The van der Waals surface area contributed by atoms with E-state index in [0.717, 1.165) is 5.56 Å². The number of benzene rings is 1. The fourth-order valence-corrected chi connectivity index (χ4v) is 1.16. The van der Waals surface area contributed by atoms with E-state index in [-0.39, 0.29) is 18.8 Å². The number of carbonyl (C=O) groups is 1. The Balaban J connectivity index is 3.02. The van der Waals surface area contributed by atoms with E-state index in [4.69, 9.17) is 14.9 Å². The van der Waals surface area contributed by atoms with Gasteiger partial charge in [0.05, 0.1) is 6.61 Å². The predicted octanol–water partition coefficient (Wildman–Crippen LogP) is 1.06. The van der Waals surface area contributed by atoms with Crippen molar-refractivity contribution >= 4 is 5.97 Å². The molecule has 1 rings (SSSR count). The highest BCUT2D eigenvalue weighted by atomic mass is 16.5. The van der Waals surface area contributed by atoms with Gasteiger partial charge in [-0.25, -0.2) is 4.79 Å². The lowest BCUT2D eigenvalue weighted by atomic mass is 10.1. The minimum atomic E-state index is -1.03. The maximum Gasteiger partial charge on any atom is 0.339 e. The molecule has 0 heterocycles. The first kappa shape index (κ1) is 10.5. The molecule has 0 bridgehead atoms. The van der Waals surface area contributed by atoms with Gasteiger partial charge in [-0.3, -0.25) is 0 Å². The molecule has 0 saturated heterocycles. The van der Waals surface area contributed by atoms with E-state index in [2.05, 4.69) is 0 Å². The molecule has 0 amide bonds. The summed E-state index contributed by atoms with van der Waals surface area (Å²) in [7, 11) is 0. The summed E-state index contributed by atoms with van der Waals surface area (Å²) in [5.41, 5.74) is 0.872. The molecule has 76 valence electrons. The highest BCUT2D eigenvalue weighted by molar-refractivity contribution is 5.91. The fraction of sp³-hybridized carbons (Fsp3) is 0.300. The number of carboxylic acid groups (broad SMARTS) is 1. The molecular weight excluding hydrogens is 184 g/mol. The van der Waals surface area contributed by atoms with Crippen molar-refractivity contribution in [2.45, 2.75) is 6.92 Å². The van der Waals surface area contributed by atoms with E-state index >= 15 is 0 Å². The van der Waals surface area contributed by atoms with Crippen LogP contribution in [0.15, 0.2) is 18.2 Å². The van der Waals surface area contributed by atoms with Gasteiger partial charge < -0.3 is 14.9 Å². The number of aromatic carboxylic acids is 1. The van der Waals surface area contributed by atoms with E-state index in [9.17, 15) is 4.79 Å². The molecule has 0 aliphatic rings. The summed E-state index contributed by atoms with van der Waals surface area (Å²) in [6.07, 6.45) is 0. The van der Waals surface area contributed by atoms with E-state index in [1.54, 1.807) is 19.1 Å². The van der Waals surface area contributed by atoms with Crippen molar-refractivity contribution in [1.82, 2.24) is 0 Å². The van der Waals surface area contributed by atoms with Gasteiger partial charge >= 0.3 is 5.97 Å². The van der Waals surface area contributed by atoms with Gasteiger partial charge in [-0.1, -0.05) is 12.1 Å². The number of aryl methyl sites for hydroxylation is 1. The van der Waals surface area contributed by atoms with Gasteiger partial charge in [-0.2, -0.15) is 0 Å². The van der Waals surface area contributed by atoms with Gasteiger partial charge in [0.1, 0.15) is 17.9 Å². The van der Waals surface area contributed by atoms with Crippen molar-refractivity contribution in [3.8, 4) is 5.75 Å². The Morgan fingerprint density at radius 2 is 2.21 bits per heavy atom. The molecule has 0 unspecified atom stereocenters. The molecule has 0 aliphatic carbocycles. The molecule has 0 radical (unpaired) electrons. The summed E-state index contributed by atoms with van der Waals surface area (Å²) < 4.78 is 5.15. The lowest BCUT2D eigenvalue weighted by molar-refractivity contribution is 0.0690. The van der Waals surface area contributed by atoms with Gasteiger partial charge in [0.2, 0.25) is 0 Å². The molecule has 0 fully saturated rings. The molecule has 0 aromatic heterocycles. The average molecular weight is 196 g/mol. The number of para-hydroxylation sites is 1. The van der Waals surface area contributed by atoms with Crippen LogP contribution in [0.3, 0.4) is 0 Å². The molecule has 0 saturated carbocycles. The number of carboxylic acids is 1. The van der Waals surface area contributed by atoms with E-state index < -0.39 is 5.97 Å². The second-order valence-electron chi connectivity index (χ2n) is 2.83. The van der Waals surface area contributed by atoms with Crippen molar-refractivity contribution in [2.75, 3.05) is 13.2 Å². The van der Waals surface area contributed by atoms with Gasteiger partial charge in [-0.15, -0.1) is 0 Å². The van der Waals surface area contributed by atoms with Crippen LogP contribution in [0.5, 0.6) is 5.75 Å². The molecule has 0 atom stereocenters. The number of rotatable bonds is 4. The maximum absolute atomic E-state index is 10.8. The molecule has 0 aliphatic heterocycles. The predicted molar refractivity (Wildman–Crippen MR) is 50.7 cm³/mol. The van der Waals surface area contributed by atoms with Gasteiger partial charge in [0, 0.05) is 0 Å². The van der Waals surface area contributed by atoms with Gasteiger partial charge in [-0.05, 0) is 18.6 Å². The minimum absolute atomic E-state index is 0.102. The standard InChI is InChI=1S/C10H12O4/c1-7-3-2-4-8(10(12)13)9(7)14-6-5-11/h2-4,11H,5-6H2,1H3,(H,12,13). The highest BCUT2D eigenvalue weighted by Crippen LogP contribution is 2.23. The third-order valence-electron chi connectivity index (χ3n) is 1.78. The first-order valence-corrected chi connectivity index (χ1v) is 4.23. The topological polar surface area (TPSA) is 66.8 Å². The Kier molecular flexibility index (Phi) is 3.48. The van der Waals surface area contributed by atoms with Crippen LogP contribution in [0, 0.1) is 6.92 Å². The van der Waals surface area contributed by atoms with Crippen molar-refractivity contribution in [3.05, 3.63) is 29.3 Å². The fourth-order valence-electron chi connectivity index (χ4n) is 1.16. The first-order chi connectivity index (χ1) is 6.66. The molecular formula is C10H12O4. The summed E-state index contributed by atoms with van der Waals surface area (Å²) in [4.78, 5) is 10.8.